The lowest BCUT2D eigenvalue weighted by atomic mass is 9.80. The van der Waals surface area contributed by atoms with Gasteiger partial charge < -0.3 is 11.1 Å². The first-order valence-electron chi connectivity index (χ1n) is 7.32. The zero-order chi connectivity index (χ0) is 14.6. The summed E-state index contributed by atoms with van der Waals surface area (Å²) in [6.07, 6.45) is 5.90. The molecule has 1 fully saturated rings. The fraction of sp³-hybridized carbons (Fsp3) is 0.562. The third-order valence-electron chi connectivity index (χ3n) is 4.09. The van der Waals surface area contributed by atoms with Crippen molar-refractivity contribution in [2.45, 2.75) is 57.0 Å². The van der Waals surface area contributed by atoms with Crippen molar-refractivity contribution in [3.05, 3.63) is 34.3 Å². The minimum Gasteiger partial charge on any atom is -0.350 e. The molecule has 0 aromatic heterocycles. The normalized spacial score (nSPS) is 19.4. The molecule has 20 heavy (non-hydrogen) atoms. The largest absolute Gasteiger partial charge is 0.350 e. The van der Waals surface area contributed by atoms with E-state index in [9.17, 15) is 4.79 Å². The third-order valence-corrected chi connectivity index (χ3v) is 4.58. The average Bonchev–Trinajstić information content (AvgIpc) is 2.38. The molecule has 1 aromatic carbocycles. The van der Waals surface area contributed by atoms with Crippen molar-refractivity contribution in [1.82, 2.24) is 5.32 Å². The van der Waals surface area contributed by atoms with Crippen LogP contribution in [0.15, 0.2) is 28.7 Å². The molecule has 0 aliphatic heterocycles. The minimum atomic E-state index is -0.292. The highest BCUT2D eigenvalue weighted by Crippen LogP contribution is 2.29. The van der Waals surface area contributed by atoms with Crippen LogP contribution < -0.4 is 11.1 Å². The van der Waals surface area contributed by atoms with Crippen LogP contribution in [0.1, 0.15) is 57.1 Å². The lowest BCUT2D eigenvalue weighted by molar-refractivity contribution is -0.123. The molecule has 1 amide bonds. The summed E-state index contributed by atoms with van der Waals surface area (Å²) >= 11 is 3.45. The molecule has 3 nitrogen and oxygen atoms in total. The van der Waals surface area contributed by atoms with E-state index in [1.54, 1.807) is 0 Å². The van der Waals surface area contributed by atoms with Crippen molar-refractivity contribution in [1.29, 1.82) is 0 Å². The molecule has 1 atom stereocenters. The number of nitrogens with two attached hydrogens (primary N) is 1. The van der Waals surface area contributed by atoms with Crippen LogP contribution in [-0.2, 0) is 4.79 Å². The van der Waals surface area contributed by atoms with Crippen molar-refractivity contribution in [3.63, 3.8) is 0 Å². The number of rotatable bonds is 4. The van der Waals surface area contributed by atoms with Crippen molar-refractivity contribution in [2.75, 3.05) is 0 Å². The van der Waals surface area contributed by atoms with Gasteiger partial charge in [-0.2, -0.15) is 0 Å². The summed E-state index contributed by atoms with van der Waals surface area (Å²) < 4.78 is 1.03. The van der Waals surface area contributed by atoms with Gasteiger partial charge in [-0.25, -0.2) is 0 Å². The monoisotopic (exact) mass is 338 g/mol. The number of carbonyl (C=O) groups excluding carboxylic acids is 1. The molecule has 1 saturated carbocycles. The Balaban J connectivity index is 1.90. The van der Waals surface area contributed by atoms with Gasteiger partial charge in [-0.3, -0.25) is 4.79 Å². The summed E-state index contributed by atoms with van der Waals surface area (Å²) in [6.45, 7) is 2.00. The van der Waals surface area contributed by atoms with Gasteiger partial charge in [0.2, 0.25) is 5.91 Å². The lowest BCUT2D eigenvalue weighted by Crippen LogP contribution is -2.46. The van der Waals surface area contributed by atoms with Crippen molar-refractivity contribution in [2.24, 2.45) is 5.73 Å². The zero-order valence-corrected chi connectivity index (χ0v) is 13.6. The fourth-order valence-corrected chi connectivity index (χ4v) is 3.32. The molecule has 110 valence electrons. The predicted octanol–water partition coefficient (Wildman–Crippen LogP) is 3.68. The quantitative estimate of drug-likeness (QED) is 0.879. The number of hydrogen-bond donors (Lipinski definition) is 2. The molecular weight excluding hydrogens is 316 g/mol. The summed E-state index contributed by atoms with van der Waals surface area (Å²) in [5.74, 6) is 0.0573. The maximum Gasteiger partial charge on any atom is 0.222 e. The number of nitrogens with one attached hydrogen (secondary N) is 1. The van der Waals surface area contributed by atoms with E-state index in [0.29, 0.717) is 6.42 Å². The Labute approximate surface area is 129 Å². The van der Waals surface area contributed by atoms with Crippen LogP contribution in [0.2, 0.25) is 0 Å². The van der Waals surface area contributed by atoms with Crippen molar-refractivity contribution < 1.29 is 4.79 Å². The third kappa shape index (κ3) is 4.32. The van der Waals surface area contributed by atoms with Gasteiger partial charge in [0.05, 0.1) is 6.04 Å². The summed E-state index contributed by atoms with van der Waals surface area (Å²) in [4.78, 5) is 12.2. The number of hydrogen-bond acceptors (Lipinski definition) is 2. The van der Waals surface area contributed by atoms with Gasteiger partial charge >= 0.3 is 0 Å². The molecule has 1 aliphatic rings. The van der Waals surface area contributed by atoms with E-state index in [0.717, 1.165) is 35.7 Å². The molecule has 3 N–H and O–H groups in total. The van der Waals surface area contributed by atoms with Crippen LogP contribution in [0.5, 0.6) is 0 Å². The second-order valence-corrected chi connectivity index (χ2v) is 6.86. The SMILES string of the molecule is C[C@@H](NC(=O)CC1(N)CCCCC1)c1cccc(Br)c1. The van der Waals surface area contributed by atoms with E-state index >= 15 is 0 Å². The first-order chi connectivity index (χ1) is 9.48. The maximum absolute atomic E-state index is 12.2. The van der Waals surface area contributed by atoms with Gasteiger partial charge in [-0.1, -0.05) is 47.3 Å². The topological polar surface area (TPSA) is 55.1 Å². The van der Waals surface area contributed by atoms with Crippen LogP contribution in [-0.4, -0.2) is 11.4 Å². The number of carbonyl (C=O) groups is 1. The molecular formula is C16H23BrN2O. The van der Waals surface area contributed by atoms with Gasteiger partial charge in [-0.05, 0) is 37.5 Å². The Morgan fingerprint density at radius 3 is 2.75 bits per heavy atom. The molecule has 0 heterocycles. The molecule has 1 aliphatic carbocycles. The Hall–Kier alpha value is -0.870. The molecule has 0 radical (unpaired) electrons. The average molecular weight is 339 g/mol. The molecule has 2 rings (SSSR count). The molecule has 1 aromatic rings. The second kappa shape index (κ2) is 6.72. The highest BCUT2D eigenvalue weighted by Gasteiger charge is 2.30. The van der Waals surface area contributed by atoms with Crippen molar-refractivity contribution >= 4 is 21.8 Å². The first-order valence-corrected chi connectivity index (χ1v) is 8.12. The number of amides is 1. The summed E-state index contributed by atoms with van der Waals surface area (Å²) in [5.41, 5.74) is 7.14. The number of benzene rings is 1. The second-order valence-electron chi connectivity index (χ2n) is 5.94. The van der Waals surface area contributed by atoms with Gasteiger partial charge in [0.1, 0.15) is 0 Å². The van der Waals surface area contributed by atoms with Crippen molar-refractivity contribution in [3.8, 4) is 0 Å². The molecule has 0 unspecified atom stereocenters. The molecule has 4 heteroatoms. The Kier molecular flexibility index (Phi) is 5.22. The van der Waals surface area contributed by atoms with Gasteiger partial charge in [0.15, 0.2) is 0 Å². The predicted molar refractivity (Wildman–Crippen MR) is 85.3 cm³/mol. The van der Waals surface area contributed by atoms with E-state index in [-0.39, 0.29) is 17.5 Å². The smallest absolute Gasteiger partial charge is 0.222 e. The van der Waals surface area contributed by atoms with Crippen LogP contribution in [0, 0.1) is 0 Å². The highest BCUT2D eigenvalue weighted by molar-refractivity contribution is 9.10. The van der Waals surface area contributed by atoms with Gasteiger partial charge in [0, 0.05) is 16.4 Å². The minimum absolute atomic E-state index is 0.00666. The van der Waals surface area contributed by atoms with Crippen LogP contribution >= 0.6 is 15.9 Å². The Bertz CT molecular complexity index is 469. The van der Waals surface area contributed by atoms with E-state index in [1.165, 1.54) is 6.42 Å². The maximum atomic E-state index is 12.2. The molecule has 0 spiro atoms. The standard InChI is InChI=1S/C16H23BrN2O/c1-12(13-6-5-7-14(17)10-13)19-15(20)11-16(18)8-3-2-4-9-16/h5-7,10,12H,2-4,8-9,11,18H2,1H3,(H,19,20)/t12-/m1/s1. The van der Waals surface area contributed by atoms with E-state index in [4.69, 9.17) is 5.73 Å². The fourth-order valence-electron chi connectivity index (χ4n) is 2.90. The first kappa shape index (κ1) is 15.5. The van der Waals surface area contributed by atoms with E-state index in [1.807, 2.05) is 31.2 Å². The summed E-state index contributed by atoms with van der Waals surface area (Å²) in [5, 5.41) is 3.06. The van der Waals surface area contributed by atoms with E-state index in [2.05, 4.69) is 21.2 Å². The Morgan fingerprint density at radius 1 is 1.40 bits per heavy atom. The zero-order valence-electron chi connectivity index (χ0n) is 12.0. The van der Waals surface area contributed by atoms with Crippen LogP contribution in [0.25, 0.3) is 0 Å². The van der Waals surface area contributed by atoms with Gasteiger partial charge in [-0.15, -0.1) is 0 Å². The van der Waals surface area contributed by atoms with E-state index < -0.39 is 0 Å². The van der Waals surface area contributed by atoms with Gasteiger partial charge in [0.25, 0.3) is 0 Å². The highest BCUT2D eigenvalue weighted by atomic mass is 79.9. The molecule has 0 saturated heterocycles. The van der Waals surface area contributed by atoms with Crippen LogP contribution in [0.3, 0.4) is 0 Å². The summed E-state index contributed by atoms with van der Waals surface area (Å²) in [6, 6.07) is 8.02. The lowest BCUT2D eigenvalue weighted by Gasteiger charge is -2.33. The van der Waals surface area contributed by atoms with Crippen LogP contribution in [0.4, 0.5) is 0 Å². The summed E-state index contributed by atoms with van der Waals surface area (Å²) in [7, 11) is 0. The Morgan fingerprint density at radius 2 is 2.10 bits per heavy atom. The molecule has 0 bridgehead atoms. The number of halogens is 1.